The molecule has 3 aromatic rings. The van der Waals surface area contributed by atoms with Crippen molar-refractivity contribution in [1.29, 1.82) is 0 Å². The zero-order valence-electron chi connectivity index (χ0n) is 13.3. The Morgan fingerprint density at radius 2 is 1.73 bits per heavy atom. The Morgan fingerprint density at radius 3 is 2.31 bits per heavy atom. The Hall–Kier alpha value is -3.16. The average molecular weight is 359 g/mol. The second kappa shape index (κ2) is 5.98. The summed E-state index contributed by atoms with van der Waals surface area (Å²) in [6.07, 6.45) is 1.27. The van der Waals surface area contributed by atoms with Crippen LogP contribution in [-0.2, 0) is 10.2 Å². The number of hydrogen-bond donors (Lipinski definition) is 1. The molecule has 132 valence electrons. The molecule has 4 rings (SSSR count). The summed E-state index contributed by atoms with van der Waals surface area (Å²) in [6.45, 7) is 0. The van der Waals surface area contributed by atoms with E-state index < -0.39 is 22.9 Å². The number of carbonyl (C=O) groups excluding carboxylic acids is 1. The lowest BCUT2D eigenvalue weighted by atomic mass is 9.93. The van der Waals surface area contributed by atoms with E-state index in [1.807, 2.05) is 0 Å². The summed E-state index contributed by atoms with van der Waals surface area (Å²) in [5.41, 5.74) is -0.627. The second-order valence-corrected chi connectivity index (χ2v) is 6.09. The van der Waals surface area contributed by atoms with Crippen LogP contribution in [0, 0.1) is 17.5 Å². The van der Waals surface area contributed by atoms with Crippen LogP contribution in [0.1, 0.15) is 24.2 Å². The van der Waals surface area contributed by atoms with Crippen LogP contribution in [0.5, 0.6) is 0 Å². The van der Waals surface area contributed by atoms with Crippen molar-refractivity contribution in [1.82, 2.24) is 10.1 Å². The fourth-order valence-electron chi connectivity index (χ4n) is 3.02. The molecule has 0 aliphatic heterocycles. The van der Waals surface area contributed by atoms with Gasteiger partial charge in [-0.3, -0.25) is 4.79 Å². The number of halogens is 3. The van der Waals surface area contributed by atoms with E-state index >= 15 is 0 Å². The van der Waals surface area contributed by atoms with Gasteiger partial charge >= 0.3 is 0 Å². The number of aromatic nitrogens is 2. The van der Waals surface area contributed by atoms with E-state index in [0.29, 0.717) is 24.8 Å². The third kappa shape index (κ3) is 2.63. The second-order valence-electron chi connectivity index (χ2n) is 6.09. The molecule has 1 N–H and O–H groups in total. The molecule has 5 nitrogen and oxygen atoms in total. The average Bonchev–Trinajstić information content (AvgIpc) is 3.23. The third-order valence-electron chi connectivity index (χ3n) is 4.44. The first-order chi connectivity index (χ1) is 12.5. The van der Waals surface area contributed by atoms with Gasteiger partial charge in [0.05, 0.1) is 5.41 Å². The summed E-state index contributed by atoms with van der Waals surface area (Å²) in [5.74, 6) is -1.67. The van der Waals surface area contributed by atoms with Gasteiger partial charge in [-0.25, -0.2) is 13.2 Å². The van der Waals surface area contributed by atoms with Gasteiger partial charge in [-0.15, -0.1) is 0 Å². The molecular weight excluding hydrogens is 347 g/mol. The summed E-state index contributed by atoms with van der Waals surface area (Å²) in [5, 5.41) is 6.10. The fraction of sp³-hybridized carbons (Fsp3) is 0.167. The minimum atomic E-state index is -1.00. The van der Waals surface area contributed by atoms with Crippen LogP contribution >= 0.6 is 0 Å². The van der Waals surface area contributed by atoms with Gasteiger partial charge in [0.25, 0.3) is 5.89 Å². The number of benzene rings is 2. The molecular formula is C18H12F3N3O2. The van der Waals surface area contributed by atoms with E-state index in [4.69, 9.17) is 4.52 Å². The molecule has 1 amide bonds. The van der Waals surface area contributed by atoms with E-state index in [1.165, 1.54) is 24.3 Å². The van der Waals surface area contributed by atoms with Crippen molar-refractivity contribution in [3.8, 4) is 11.5 Å². The smallest absolute Gasteiger partial charge is 0.257 e. The Balaban J connectivity index is 1.72. The van der Waals surface area contributed by atoms with Crippen LogP contribution in [0.4, 0.5) is 18.9 Å². The molecule has 1 saturated carbocycles. The van der Waals surface area contributed by atoms with Crippen LogP contribution < -0.4 is 5.32 Å². The van der Waals surface area contributed by atoms with Crippen LogP contribution in [0.2, 0.25) is 0 Å². The summed E-state index contributed by atoms with van der Waals surface area (Å²) in [7, 11) is 0. The highest BCUT2D eigenvalue weighted by atomic mass is 19.1. The number of carbonyl (C=O) groups is 1. The first-order valence-electron chi connectivity index (χ1n) is 7.83. The molecule has 0 spiro atoms. The summed E-state index contributed by atoms with van der Waals surface area (Å²) in [4.78, 5) is 14.7. The van der Waals surface area contributed by atoms with E-state index in [-0.39, 0.29) is 23.0 Å². The molecule has 2 aromatic carbocycles. The minimum absolute atomic E-state index is 0.0228. The van der Waals surface area contributed by atoms with Crippen molar-refractivity contribution in [2.45, 2.75) is 18.3 Å². The number of nitrogens with zero attached hydrogens (tertiary/aromatic N) is 2. The summed E-state index contributed by atoms with van der Waals surface area (Å²) >= 11 is 0. The molecule has 1 heterocycles. The summed E-state index contributed by atoms with van der Waals surface area (Å²) in [6, 6.07) is 7.57. The van der Waals surface area contributed by atoms with Gasteiger partial charge in [-0.1, -0.05) is 5.16 Å². The zero-order valence-corrected chi connectivity index (χ0v) is 13.3. The maximum atomic E-state index is 14.5. The topological polar surface area (TPSA) is 68.0 Å². The van der Waals surface area contributed by atoms with Gasteiger partial charge in [0.15, 0.2) is 5.82 Å². The van der Waals surface area contributed by atoms with E-state index in [9.17, 15) is 18.0 Å². The van der Waals surface area contributed by atoms with E-state index in [2.05, 4.69) is 15.5 Å². The van der Waals surface area contributed by atoms with Crippen LogP contribution in [0.15, 0.2) is 40.9 Å². The molecule has 1 aromatic heterocycles. The lowest BCUT2D eigenvalue weighted by molar-refractivity contribution is -0.105. The number of rotatable bonds is 5. The molecule has 0 unspecified atom stereocenters. The predicted octanol–water partition coefficient (Wildman–Crippen LogP) is 3.80. The van der Waals surface area contributed by atoms with Crippen LogP contribution in [0.25, 0.3) is 11.5 Å². The molecule has 1 aliphatic carbocycles. The number of anilines is 1. The number of hydrogen-bond acceptors (Lipinski definition) is 4. The van der Waals surface area contributed by atoms with Gasteiger partial charge < -0.3 is 9.84 Å². The van der Waals surface area contributed by atoms with Gasteiger partial charge in [-0.2, -0.15) is 4.98 Å². The number of amides is 1. The molecule has 0 bridgehead atoms. The third-order valence-corrected chi connectivity index (χ3v) is 4.44. The maximum absolute atomic E-state index is 14.5. The lowest BCUT2D eigenvalue weighted by Crippen LogP contribution is -2.16. The molecule has 0 atom stereocenters. The van der Waals surface area contributed by atoms with Crippen LogP contribution in [0.3, 0.4) is 0 Å². The molecule has 0 radical (unpaired) electrons. The Labute approximate surface area is 145 Å². The Kier molecular flexibility index (Phi) is 3.75. The van der Waals surface area contributed by atoms with Gasteiger partial charge in [-0.05, 0) is 49.2 Å². The van der Waals surface area contributed by atoms with Crippen molar-refractivity contribution in [2.75, 3.05) is 5.32 Å². The quantitative estimate of drug-likeness (QED) is 0.704. The van der Waals surface area contributed by atoms with Crippen LogP contribution in [-0.4, -0.2) is 16.6 Å². The Bertz CT molecular complexity index is 959. The predicted molar refractivity (Wildman–Crippen MR) is 85.8 cm³/mol. The first kappa shape index (κ1) is 16.3. The number of nitrogens with one attached hydrogen (secondary N) is 1. The highest BCUT2D eigenvalue weighted by Crippen LogP contribution is 2.54. The van der Waals surface area contributed by atoms with Crippen molar-refractivity contribution in [3.63, 3.8) is 0 Å². The van der Waals surface area contributed by atoms with Crippen molar-refractivity contribution in [2.24, 2.45) is 0 Å². The summed E-state index contributed by atoms with van der Waals surface area (Å²) < 4.78 is 47.2. The maximum Gasteiger partial charge on any atom is 0.257 e. The molecule has 26 heavy (non-hydrogen) atoms. The standard InChI is InChI=1S/C18H12F3N3O2/c19-11-3-1-10(2-4-11)16-23-17(24-26-16)18(5-6-18)15-13(20)7-12(22-9-25)8-14(15)21/h1-4,7-9H,5-6H2,(H,22,25). The lowest BCUT2D eigenvalue weighted by Gasteiger charge is -2.14. The zero-order chi connectivity index (χ0) is 18.3. The molecule has 8 heteroatoms. The van der Waals surface area contributed by atoms with Crippen molar-refractivity contribution >= 4 is 12.1 Å². The minimum Gasteiger partial charge on any atom is -0.334 e. The first-order valence-corrected chi connectivity index (χ1v) is 7.83. The van der Waals surface area contributed by atoms with Gasteiger partial charge in [0, 0.05) is 16.8 Å². The van der Waals surface area contributed by atoms with Gasteiger partial charge in [0.1, 0.15) is 17.5 Å². The molecule has 1 aliphatic rings. The largest absolute Gasteiger partial charge is 0.334 e. The molecule has 1 fully saturated rings. The van der Waals surface area contributed by atoms with E-state index in [1.54, 1.807) is 0 Å². The normalized spacial score (nSPS) is 14.9. The van der Waals surface area contributed by atoms with Crippen molar-refractivity contribution in [3.05, 3.63) is 65.2 Å². The Morgan fingerprint density at radius 1 is 1.08 bits per heavy atom. The highest BCUT2D eigenvalue weighted by Gasteiger charge is 2.53. The fourth-order valence-corrected chi connectivity index (χ4v) is 3.02. The SMILES string of the molecule is O=CNc1cc(F)c(C2(c3noc(-c4ccc(F)cc4)n3)CC2)c(F)c1. The van der Waals surface area contributed by atoms with E-state index in [0.717, 1.165) is 12.1 Å². The van der Waals surface area contributed by atoms with Crippen molar-refractivity contribution < 1.29 is 22.5 Å². The monoisotopic (exact) mass is 359 g/mol. The highest BCUT2D eigenvalue weighted by molar-refractivity contribution is 5.71. The van der Waals surface area contributed by atoms with Gasteiger partial charge in [0.2, 0.25) is 6.41 Å². The molecule has 0 saturated heterocycles.